The monoisotopic (exact) mass is 354 g/mol. The number of aromatic nitrogens is 1. The number of halogens is 1. The van der Waals surface area contributed by atoms with Gasteiger partial charge in [-0.2, -0.15) is 0 Å². The fourth-order valence-electron chi connectivity index (χ4n) is 2.49. The van der Waals surface area contributed by atoms with Gasteiger partial charge in [0.1, 0.15) is 11.3 Å². The van der Waals surface area contributed by atoms with E-state index in [1.54, 1.807) is 30.5 Å². The van der Waals surface area contributed by atoms with E-state index in [-0.39, 0.29) is 5.91 Å². The number of hydrogen-bond donors (Lipinski definition) is 1. The lowest BCUT2D eigenvalue weighted by molar-refractivity contribution is 0.102. The van der Waals surface area contributed by atoms with Gasteiger partial charge in [0, 0.05) is 22.2 Å². The molecule has 25 heavy (non-hydrogen) atoms. The van der Waals surface area contributed by atoms with Crippen LogP contribution in [0.3, 0.4) is 0 Å². The fourth-order valence-corrected chi connectivity index (χ4v) is 2.62. The van der Waals surface area contributed by atoms with Crippen LogP contribution in [0.1, 0.15) is 30.1 Å². The molecule has 5 heteroatoms. The van der Waals surface area contributed by atoms with E-state index < -0.39 is 0 Å². The van der Waals surface area contributed by atoms with Crippen LogP contribution in [0.2, 0.25) is 5.02 Å². The van der Waals surface area contributed by atoms with Gasteiger partial charge in [-0.25, -0.2) is 0 Å². The molecule has 0 saturated heterocycles. The van der Waals surface area contributed by atoms with Crippen LogP contribution in [0.15, 0.2) is 54.7 Å². The van der Waals surface area contributed by atoms with Crippen molar-refractivity contribution in [2.75, 3.05) is 11.9 Å². The quantitative estimate of drug-likeness (QED) is 0.609. The van der Waals surface area contributed by atoms with Crippen molar-refractivity contribution in [2.24, 2.45) is 0 Å². The molecule has 0 atom stereocenters. The molecular formula is C20H19ClN2O2. The van der Waals surface area contributed by atoms with Crippen LogP contribution in [-0.2, 0) is 0 Å². The van der Waals surface area contributed by atoms with Gasteiger partial charge in [-0.15, -0.1) is 0 Å². The zero-order valence-electron chi connectivity index (χ0n) is 14.0. The van der Waals surface area contributed by atoms with Gasteiger partial charge >= 0.3 is 0 Å². The molecule has 1 heterocycles. The summed E-state index contributed by atoms with van der Waals surface area (Å²) in [6.45, 7) is 2.77. The summed E-state index contributed by atoms with van der Waals surface area (Å²) in [5.74, 6) is 0.537. The van der Waals surface area contributed by atoms with Gasteiger partial charge in [-0.3, -0.25) is 9.78 Å². The summed E-state index contributed by atoms with van der Waals surface area (Å²) >= 11 is 5.87. The number of ether oxygens (including phenoxy) is 1. The van der Waals surface area contributed by atoms with Crippen molar-refractivity contribution < 1.29 is 9.53 Å². The highest BCUT2D eigenvalue weighted by Crippen LogP contribution is 2.30. The van der Waals surface area contributed by atoms with Gasteiger partial charge in [0.25, 0.3) is 5.91 Å². The summed E-state index contributed by atoms with van der Waals surface area (Å²) in [7, 11) is 0. The fraction of sp³-hybridized carbons (Fsp3) is 0.200. The molecule has 3 rings (SSSR count). The second-order valence-corrected chi connectivity index (χ2v) is 6.11. The maximum absolute atomic E-state index is 12.5. The van der Waals surface area contributed by atoms with E-state index in [2.05, 4.69) is 17.2 Å². The lowest BCUT2D eigenvalue weighted by Crippen LogP contribution is -2.12. The number of carbonyl (C=O) groups is 1. The molecule has 4 nitrogen and oxygen atoms in total. The minimum atomic E-state index is -0.193. The summed E-state index contributed by atoms with van der Waals surface area (Å²) in [5, 5.41) is 4.38. The Labute approximate surface area is 151 Å². The van der Waals surface area contributed by atoms with E-state index in [4.69, 9.17) is 16.3 Å². The Kier molecular flexibility index (Phi) is 5.51. The molecule has 0 aliphatic heterocycles. The molecule has 1 aromatic heterocycles. The first-order valence-corrected chi connectivity index (χ1v) is 8.64. The van der Waals surface area contributed by atoms with Crippen molar-refractivity contribution in [1.29, 1.82) is 0 Å². The highest BCUT2D eigenvalue weighted by molar-refractivity contribution is 6.30. The standard InChI is InChI=1S/C20H19ClN2O2/c1-2-3-13-25-18-11-10-17(16-5-4-12-22-19(16)18)23-20(24)14-6-8-15(21)9-7-14/h4-12H,2-3,13H2,1H3,(H,23,24). The summed E-state index contributed by atoms with van der Waals surface area (Å²) < 4.78 is 5.83. The first-order chi connectivity index (χ1) is 12.2. The van der Waals surface area contributed by atoms with E-state index in [0.717, 1.165) is 29.5 Å². The van der Waals surface area contributed by atoms with Crippen molar-refractivity contribution in [2.45, 2.75) is 19.8 Å². The predicted octanol–water partition coefficient (Wildman–Crippen LogP) is 5.32. The Morgan fingerprint density at radius 2 is 1.96 bits per heavy atom. The molecule has 3 aromatic rings. The highest BCUT2D eigenvalue weighted by atomic mass is 35.5. The van der Waals surface area contributed by atoms with Crippen molar-refractivity contribution in [3.05, 3.63) is 65.3 Å². The number of anilines is 1. The number of nitrogens with one attached hydrogen (secondary N) is 1. The minimum absolute atomic E-state index is 0.193. The van der Waals surface area contributed by atoms with Crippen molar-refractivity contribution in [3.8, 4) is 5.75 Å². The molecule has 0 unspecified atom stereocenters. The van der Waals surface area contributed by atoms with Gasteiger partial charge < -0.3 is 10.1 Å². The third kappa shape index (κ3) is 4.09. The molecule has 0 aliphatic rings. The molecule has 2 aromatic carbocycles. The molecule has 0 spiro atoms. The average molecular weight is 355 g/mol. The molecular weight excluding hydrogens is 336 g/mol. The predicted molar refractivity (Wildman–Crippen MR) is 102 cm³/mol. The second-order valence-electron chi connectivity index (χ2n) is 5.67. The SMILES string of the molecule is CCCCOc1ccc(NC(=O)c2ccc(Cl)cc2)c2cccnc12. The Hall–Kier alpha value is -2.59. The van der Waals surface area contributed by atoms with E-state index in [9.17, 15) is 4.79 Å². The Morgan fingerprint density at radius 3 is 2.72 bits per heavy atom. The number of unbranched alkanes of at least 4 members (excludes halogenated alkanes) is 1. The molecule has 0 radical (unpaired) electrons. The van der Waals surface area contributed by atoms with Crippen LogP contribution in [0.5, 0.6) is 5.75 Å². The molecule has 0 aliphatic carbocycles. The summed E-state index contributed by atoms with van der Waals surface area (Å²) in [6, 6.07) is 14.2. The Morgan fingerprint density at radius 1 is 1.16 bits per heavy atom. The maximum Gasteiger partial charge on any atom is 0.255 e. The zero-order chi connectivity index (χ0) is 17.6. The number of fused-ring (bicyclic) bond motifs is 1. The van der Waals surface area contributed by atoms with Gasteiger partial charge in [0.15, 0.2) is 0 Å². The number of amides is 1. The van der Waals surface area contributed by atoms with E-state index in [1.807, 2.05) is 24.3 Å². The number of benzene rings is 2. The topological polar surface area (TPSA) is 51.2 Å². The van der Waals surface area contributed by atoms with Gasteiger partial charge in [-0.05, 0) is 55.0 Å². The number of nitrogens with zero attached hydrogens (tertiary/aromatic N) is 1. The van der Waals surface area contributed by atoms with Crippen LogP contribution >= 0.6 is 11.6 Å². The average Bonchev–Trinajstić information content (AvgIpc) is 2.64. The van der Waals surface area contributed by atoms with Crippen LogP contribution < -0.4 is 10.1 Å². The third-order valence-corrected chi connectivity index (χ3v) is 4.09. The lowest BCUT2D eigenvalue weighted by Gasteiger charge is -2.12. The smallest absolute Gasteiger partial charge is 0.255 e. The van der Waals surface area contributed by atoms with Crippen molar-refractivity contribution in [1.82, 2.24) is 4.98 Å². The summed E-state index contributed by atoms with van der Waals surface area (Å²) in [6.07, 6.45) is 3.78. The van der Waals surface area contributed by atoms with E-state index in [0.29, 0.717) is 22.9 Å². The molecule has 0 fully saturated rings. The van der Waals surface area contributed by atoms with Crippen molar-refractivity contribution >= 4 is 34.1 Å². The maximum atomic E-state index is 12.5. The minimum Gasteiger partial charge on any atom is -0.491 e. The van der Waals surface area contributed by atoms with Crippen LogP contribution in [0, 0.1) is 0 Å². The first kappa shape index (κ1) is 17.2. The third-order valence-electron chi connectivity index (χ3n) is 3.84. The van der Waals surface area contributed by atoms with Gasteiger partial charge in [0.05, 0.1) is 12.3 Å². The second kappa shape index (κ2) is 7.99. The van der Waals surface area contributed by atoms with Crippen LogP contribution in [-0.4, -0.2) is 17.5 Å². The van der Waals surface area contributed by atoms with E-state index >= 15 is 0 Å². The summed E-state index contributed by atoms with van der Waals surface area (Å²) in [4.78, 5) is 16.9. The molecule has 128 valence electrons. The molecule has 1 N–H and O–H groups in total. The first-order valence-electron chi connectivity index (χ1n) is 8.26. The van der Waals surface area contributed by atoms with Gasteiger partial charge in [-0.1, -0.05) is 24.9 Å². The number of pyridine rings is 1. The highest BCUT2D eigenvalue weighted by Gasteiger charge is 2.12. The molecule has 1 amide bonds. The number of hydrogen-bond acceptors (Lipinski definition) is 3. The molecule has 0 bridgehead atoms. The lowest BCUT2D eigenvalue weighted by atomic mass is 10.1. The van der Waals surface area contributed by atoms with Gasteiger partial charge in [0.2, 0.25) is 0 Å². The van der Waals surface area contributed by atoms with E-state index in [1.165, 1.54) is 0 Å². The number of rotatable bonds is 6. The van der Waals surface area contributed by atoms with Crippen molar-refractivity contribution in [3.63, 3.8) is 0 Å². The number of carbonyl (C=O) groups excluding carboxylic acids is 1. The summed E-state index contributed by atoms with van der Waals surface area (Å²) in [5.41, 5.74) is 1.99. The van der Waals surface area contributed by atoms with Crippen LogP contribution in [0.4, 0.5) is 5.69 Å². The largest absolute Gasteiger partial charge is 0.491 e. The van der Waals surface area contributed by atoms with Crippen LogP contribution in [0.25, 0.3) is 10.9 Å². The molecule has 0 saturated carbocycles. The Bertz CT molecular complexity index is 879. The Balaban J connectivity index is 1.88. The normalized spacial score (nSPS) is 10.6. The zero-order valence-corrected chi connectivity index (χ0v) is 14.7.